The van der Waals surface area contributed by atoms with Crippen LogP contribution in [0.3, 0.4) is 0 Å². The predicted octanol–water partition coefficient (Wildman–Crippen LogP) is 2.24. The van der Waals surface area contributed by atoms with Crippen LogP contribution in [0.2, 0.25) is 0 Å². The lowest BCUT2D eigenvalue weighted by Crippen LogP contribution is -2.54. The Morgan fingerprint density at radius 2 is 2.07 bits per heavy atom. The zero-order valence-electron chi connectivity index (χ0n) is 9.79. The van der Waals surface area contributed by atoms with Gasteiger partial charge >= 0.3 is 0 Å². The lowest BCUT2D eigenvalue weighted by molar-refractivity contribution is 0.110. The molecular weight excluding hydrogens is 204 g/mol. The molecule has 2 atom stereocenters. The van der Waals surface area contributed by atoms with Crippen molar-refractivity contribution in [3.63, 3.8) is 0 Å². The van der Waals surface area contributed by atoms with Gasteiger partial charge in [-0.1, -0.05) is 0 Å². The monoisotopic (exact) mass is 224 g/mol. The summed E-state index contributed by atoms with van der Waals surface area (Å²) in [6.45, 7) is 10.2. The van der Waals surface area contributed by atoms with Gasteiger partial charge in [-0.15, -0.1) is 11.3 Å². The maximum absolute atomic E-state index is 3.47. The first-order valence-corrected chi connectivity index (χ1v) is 6.56. The molecule has 0 bridgehead atoms. The summed E-state index contributed by atoms with van der Waals surface area (Å²) in [7, 11) is 0. The van der Waals surface area contributed by atoms with Crippen molar-refractivity contribution in [2.45, 2.75) is 39.4 Å². The van der Waals surface area contributed by atoms with E-state index < -0.39 is 0 Å². The average molecular weight is 224 g/mol. The minimum Gasteiger partial charge on any atom is -0.314 e. The Balaban J connectivity index is 2.06. The molecule has 15 heavy (non-hydrogen) atoms. The number of nitrogens with one attached hydrogen (secondary N) is 1. The molecule has 84 valence electrons. The van der Waals surface area contributed by atoms with Gasteiger partial charge in [-0.2, -0.15) is 0 Å². The molecule has 0 aromatic carbocycles. The second-order valence-corrected chi connectivity index (χ2v) is 5.56. The van der Waals surface area contributed by atoms with Gasteiger partial charge in [0.15, 0.2) is 0 Å². The van der Waals surface area contributed by atoms with Gasteiger partial charge in [0.1, 0.15) is 0 Å². The largest absolute Gasteiger partial charge is 0.314 e. The highest BCUT2D eigenvalue weighted by molar-refractivity contribution is 7.10. The highest BCUT2D eigenvalue weighted by Gasteiger charge is 2.24. The SMILES string of the molecule is Cc1ccsc1CN1[C@H](C)CNC[C@@H]1C. The maximum Gasteiger partial charge on any atom is 0.0337 e. The van der Waals surface area contributed by atoms with E-state index in [1.807, 2.05) is 11.3 Å². The first-order chi connectivity index (χ1) is 7.18. The Kier molecular flexibility index (Phi) is 3.44. The fourth-order valence-electron chi connectivity index (χ4n) is 2.21. The summed E-state index contributed by atoms with van der Waals surface area (Å²) in [6.07, 6.45) is 0. The van der Waals surface area contributed by atoms with Crippen LogP contribution in [0.5, 0.6) is 0 Å². The van der Waals surface area contributed by atoms with Crippen LogP contribution in [0.4, 0.5) is 0 Å². The number of piperazine rings is 1. The van der Waals surface area contributed by atoms with Crippen LogP contribution in [0.15, 0.2) is 11.4 Å². The predicted molar refractivity (Wildman–Crippen MR) is 66.4 cm³/mol. The molecule has 1 N–H and O–H groups in total. The molecule has 2 heterocycles. The summed E-state index contributed by atoms with van der Waals surface area (Å²) in [6, 6.07) is 3.52. The van der Waals surface area contributed by atoms with Crippen molar-refractivity contribution in [1.82, 2.24) is 10.2 Å². The van der Waals surface area contributed by atoms with Crippen molar-refractivity contribution in [1.29, 1.82) is 0 Å². The van der Waals surface area contributed by atoms with E-state index in [1.165, 1.54) is 10.4 Å². The summed E-state index contributed by atoms with van der Waals surface area (Å²) in [4.78, 5) is 4.13. The molecule has 0 radical (unpaired) electrons. The van der Waals surface area contributed by atoms with Gasteiger partial charge in [0.2, 0.25) is 0 Å². The molecule has 1 fully saturated rings. The second kappa shape index (κ2) is 4.64. The van der Waals surface area contributed by atoms with Crippen molar-refractivity contribution in [3.05, 3.63) is 21.9 Å². The second-order valence-electron chi connectivity index (χ2n) is 4.56. The highest BCUT2D eigenvalue weighted by Crippen LogP contribution is 2.21. The molecule has 0 unspecified atom stereocenters. The van der Waals surface area contributed by atoms with Crippen LogP contribution >= 0.6 is 11.3 Å². The first kappa shape index (κ1) is 11.1. The topological polar surface area (TPSA) is 15.3 Å². The Bertz CT molecular complexity index is 311. The molecule has 0 aliphatic carbocycles. The van der Waals surface area contributed by atoms with Gasteiger partial charge in [0.25, 0.3) is 0 Å². The molecule has 1 aliphatic rings. The van der Waals surface area contributed by atoms with Gasteiger partial charge in [0, 0.05) is 36.6 Å². The number of aryl methyl sites for hydroxylation is 1. The minimum atomic E-state index is 0.648. The average Bonchev–Trinajstić information content (AvgIpc) is 2.58. The van der Waals surface area contributed by atoms with Crippen molar-refractivity contribution >= 4 is 11.3 Å². The van der Waals surface area contributed by atoms with Crippen molar-refractivity contribution in [3.8, 4) is 0 Å². The Labute approximate surface area is 96.3 Å². The maximum atomic E-state index is 3.47. The van der Waals surface area contributed by atoms with E-state index in [9.17, 15) is 0 Å². The summed E-state index contributed by atoms with van der Waals surface area (Å²) >= 11 is 1.89. The Morgan fingerprint density at radius 1 is 1.40 bits per heavy atom. The molecule has 1 saturated heterocycles. The third-order valence-corrected chi connectivity index (χ3v) is 4.31. The zero-order chi connectivity index (χ0) is 10.8. The Morgan fingerprint density at radius 3 is 2.60 bits per heavy atom. The fraction of sp³-hybridized carbons (Fsp3) is 0.667. The summed E-state index contributed by atoms with van der Waals surface area (Å²) in [5.74, 6) is 0. The third-order valence-electron chi connectivity index (χ3n) is 3.31. The lowest BCUT2D eigenvalue weighted by Gasteiger charge is -2.39. The molecule has 3 heteroatoms. The molecule has 2 rings (SSSR count). The van der Waals surface area contributed by atoms with Crippen LogP contribution in [-0.4, -0.2) is 30.1 Å². The molecular formula is C12H20N2S. The number of nitrogens with zero attached hydrogens (tertiary/aromatic N) is 1. The number of hydrogen-bond donors (Lipinski definition) is 1. The molecule has 1 aliphatic heterocycles. The lowest BCUT2D eigenvalue weighted by atomic mass is 10.1. The molecule has 1 aromatic heterocycles. The quantitative estimate of drug-likeness (QED) is 0.829. The number of rotatable bonds is 2. The van der Waals surface area contributed by atoms with Crippen molar-refractivity contribution in [2.75, 3.05) is 13.1 Å². The highest BCUT2D eigenvalue weighted by atomic mass is 32.1. The molecule has 0 amide bonds. The number of thiophene rings is 1. The smallest absolute Gasteiger partial charge is 0.0337 e. The van der Waals surface area contributed by atoms with Gasteiger partial charge in [-0.3, -0.25) is 4.90 Å². The van der Waals surface area contributed by atoms with E-state index >= 15 is 0 Å². The van der Waals surface area contributed by atoms with Crippen LogP contribution in [0.1, 0.15) is 24.3 Å². The first-order valence-electron chi connectivity index (χ1n) is 5.68. The normalized spacial score (nSPS) is 28.2. The van der Waals surface area contributed by atoms with Crippen molar-refractivity contribution in [2.24, 2.45) is 0 Å². The third kappa shape index (κ3) is 2.41. The summed E-state index contributed by atoms with van der Waals surface area (Å²) < 4.78 is 0. The summed E-state index contributed by atoms with van der Waals surface area (Å²) in [5, 5.41) is 5.67. The molecule has 0 saturated carbocycles. The van der Waals surface area contributed by atoms with Gasteiger partial charge in [0.05, 0.1) is 0 Å². The van der Waals surface area contributed by atoms with Crippen molar-refractivity contribution < 1.29 is 0 Å². The van der Waals surface area contributed by atoms with E-state index in [-0.39, 0.29) is 0 Å². The van der Waals surface area contributed by atoms with E-state index in [4.69, 9.17) is 0 Å². The minimum absolute atomic E-state index is 0.648. The van der Waals surface area contributed by atoms with Crippen LogP contribution in [0, 0.1) is 6.92 Å². The summed E-state index contributed by atoms with van der Waals surface area (Å²) in [5.41, 5.74) is 1.44. The standard InChI is InChI=1S/C12H20N2S/c1-9-4-5-15-12(9)8-14-10(2)6-13-7-11(14)3/h4-5,10-11,13H,6-8H2,1-3H3/t10-,11+. The molecule has 1 aromatic rings. The zero-order valence-corrected chi connectivity index (χ0v) is 10.6. The van der Waals surface area contributed by atoms with Gasteiger partial charge in [-0.05, 0) is 37.8 Å². The van der Waals surface area contributed by atoms with Gasteiger partial charge in [-0.25, -0.2) is 0 Å². The van der Waals surface area contributed by atoms with E-state index in [0.29, 0.717) is 12.1 Å². The molecule has 0 spiro atoms. The van der Waals surface area contributed by atoms with Gasteiger partial charge < -0.3 is 5.32 Å². The van der Waals surface area contributed by atoms with E-state index in [0.717, 1.165) is 19.6 Å². The van der Waals surface area contributed by atoms with E-state index in [1.54, 1.807) is 0 Å². The van der Waals surface area contributed by atoms with Crippen LogP contribution < -0.4 is 5.32 Å². The van der Waals surface area contributed by atoms with Crippen LogP contribution in [-0.2, 0) is 6.54 Å². The fourth-order valence-corrected chi connectivity index (χ4v) is 3.13. The molecule has 2 nitrogen and oxygen atoms in total. The van der Waals surface area contributed by atoms with E-state index in [2.05, 4.69) is 42.4 Å². The Hall–Kier alpha value is -0.380. The number of hydrogen-bond acceptors (Lipinski definition) is 3. The van der Waals surface area contributed by atoms with Crippen LogP contribution in [0.25, 0.3) is 0 Å².